The van der Waals surface area contributed by atoms with Crippen LogP contribution in [0.3, 0.4) is 0 Å². The quantitative estimate of drug-likeness (QED) is 0.483. The van der Waals surface area contributed by atoms with Gasteiger partial charge in [-0.2, -0.15) is 0 Å². The highest BCUT2D eigenvalue weighted by Crippen LogP contribution is 2.26. The van der Waals surface area contributed by atoms with E-state index in [1.165, 1.54) is 13.1 Å². The molecule has 0 unspecified atom stereocenters. The van der Waals surface area contributed by atoms with Crippen LogP contribution in [0.4, 0.5) is 5.69 Å². The molecule has 0 aliphatic carbocycles. The van der Waals surface area contributed by atoms with Gasteiger partial charge < -0.3 is 15.4 Å². The van der Waals surface area contributed by atoms with E-state index in [9.17, 15) is 9.59 Å². The molecule has 0 aliphatic heterocycles. The van der Waals surface area contributed by atoms with Crippen LogP contribution in [0.5, 0.6) is 5.75 Å². The number of anilines is 1. The second-order valence-corrected chi connectivity index (χ2v) is 7.50. The Morgan fingerprint density at radius 3 is 2.37 bits per heavy atom. The van der Waals surface area contributed by atoms with Gasteiger partial charge >= 0.3 is 0 Å². The van der Waals surface area contributed by atoms with Crippen LogP contribution in [-0.2, 0) is 6.61 Å². The maximum atomic E-state index is 12.8. The van der Waals surface area contributed by atoms with E-state index in [0.717, 1.165) is 5.56 Å². The average molecular weight is 464 g/mol. The number of amides is 2. The molecule has 154 valence electrons. The molecular formula is C22H17Cl3N2O3. The highest BCUT2D eigenvalue weighted by Gasteiger charge is 2.15. The van der Waals surface area contributed by atoms with Crippen LogP contribution in [0.2, 0.25) is 15.1 Å². The van der Waals surface area contributed by atoms with E-state index < -0.39 is 5.91 Å². The highest BCUT2D eigenvalue weighted by molar-refractivity contribution is 6.35. The van der Waals surface area contributed by atoms with Crippen molar-refractivity contribution in [2.75, 3.05) is 12.4 Å². The zero-order valence-corrected chi connectivity index (χ0v) is 18.1. The van der Waals surface area contributed by atoms with Crippen molar-refractivity contribution >= 4 is 52.3 Å². The first kappa shape index (κ1) is 22.0. The molecule has 2 N–H and O–H groups in total. The number of nitrogens with one attached hydrogen (secondary N) is 2. The van der Waals surface area contributed by atoms with Crippen LogP contribution in [0.25, 0.3) is 0 Å². The number of halogens is 3. The lowest BCUT2D eigenvalue weighted by Crippen LogP contribution is -2.19. The van der Waals surface area contributed by atoms with Crippen molar-refractivity contribution in [1.82, 2.24) is 5.32 Å². The maximum Gasteiger partial charge on any atom is 0.259 e. The van der Waals surface area contributed by atoms with Crippen LogP contribution in [0.1, 0.15) is 26.3 Å². The van der Waals surface area contributed by atoms with Crippen LogP contribution in [0, 0.1) is 0 Å². The molecule has 0 saturated carbocycles. The Bertz CT molecular complexity index is 1100. The Kier molecular flexibility index (Phi) is 7.21. The standard InChI is InChI=1S/C22H17Cl3N2O3/c1-26-21(28)17-11-15(8-9-18(17)24)27-22(29)16-4-2-3-5-20(16)30-12-13-6-7-14(23)10-19(13)25/h2-11H,12H2,1H3,(H,26,28)(H,27,29). The summed E-state index contributed by atoms with van der Waals surface area (Å²) in [6.45, 7) is 0.169. The fourth-order valence-electron chi connectivity index (χ4n) is 2.68. The monoisotopic (exact) mass is 462 g/mol. The van der Waals surface area contributed by atoms with E-state index in [2.05, 4.69) is 10.6 Å². The summed E-state index contributed by atoms with van der Waals surface area (Å²) in [5.74, 6) is -0.348. The zero-order valence-electron chi connectivity index (χ0n) is 15.8. The van der Waals surface area contributed by atoms with Gasteiger partial charge in [0.2, 0.25) is 0 Å². The van der Waals surface area contributed by atoms with E-state index >= 15 is 0 Å². The lowest BCUT2D eigenvalue weighted by molar-refractivity contribution is 0.0961. The summed E-state index contributed by atoms with van der Waals surface area (Å²) >= 11 is 18.2. The molecule has 30 heavy (non-hydrogen) atoms. The fraction of sp³-hybridized carbons (Fsp3) is 0.0909. The van der Waals surface area contributed by atoms with Gasteiger partial charge in [0.1, 0.15) is 12.4 Å². The molecule has 0 saturated heterocycles. The minimum atomic E-state index is -0.391. The molecule has 0 spiro atoms. The summed E-state index contributed by atoms with van der Waals surface area (Å²) in [4.78, 5) is 24.7. The second kappa shape index (κ2) is 9.85. The van der Waals surface area contributed by atoms with Crippen LogP contribution in [0.15, 0.2) is 60.7 Å². The van der Waals surface area contributed by atoms with Gasteiger partial charge in [-0.15, -0.1) is 0 Å². The molecule has 0 fully saturated rings. The molecule has 2 amide bonds. The molecule has 0 bridgehead atoms. The largest absolute Gasteiger partial charge is 0.488 e. The molecule has 3 rings (SSSR count). The Balaban J connectivity index is 1.78. The number of carbonyl (C=O) groups excluding carboxylic acids is 2. The molecule has 3 aromatic rings. The van der Waals surface area contributed by atoms with Crippen molar-refractivity contribution in [2.24, 2.45) is 0 Å². The van der Waals surface area contributed by atoms with Gasteiger partial charge in [0, 0.05) is 28.3 Å². The molecule has 0 atom stereocenters. The molecule has 0 radical (unpaired) electrons. The maximum absolute atomic E-state index is 12.8. The molecule has 0 aliphatic rings. The fourth-order valence-corrected chi connectivity index (χ4v) is 3.35. The Morgan fingerprint density at radius 2 is 1.63 bits per heavy atom. The number of rotatable bonds is 6. The van der Waals surface area contributed by atoms with E-state index in [4.69, 9.17) is 39.5 Å². The first-order valence-corrected chi connectivity index (χ1v) is 10.0. The van der Waals surface area contributed by atoms with Gasteiger partial charge in [0.25, 0.3) is 11.8 Å². The summed E-state index contributed by atoms with van der Waals surface area (Å²) in [6.07, 6.45) is 0. The van der Waals surface area contributed by atoms with Gasteiger partial charge in [-0.05, 0) is 42.5 Å². The molecule has 5 nitrogen and oxygen atoms in total. The van der Waals surface area contributed by atoms with Crippen molar-refractivity contribution < 1.29 is 14.3 Å². The third-order valence-corrected chi connectivity index (χ3v) is 5.14. The minimum Gasteiger partial charge on any atom is -0.488 e. The van der Waals surface area contributed by atoms with E-state index in [0.29, 0.717) is 27.0 Å². The number of para-hydroxylation sites is 1. The van der Waals surface area contributed by atoms with Crippen molar-refractivity contribution in [1.29, 1.82) is 0 Å². The third kappa shape index (κ3) is 5.25. The van der Waals surface area contributed by atoms with E-state index in [1.807, 2.05) is 0 Å². The minimum absolute atomic E-state index is 0.169. The van der Waals surface area contributed by atoms with E-state index in [-0.39, 0.29) is 23.1 Å². The van der Waals surface area contributed by atoms with E-state index in [1.54, 1.807) is 54.6 Å². The second-order valence-electron chi connectivity index (χ2n) is 6.25. The SMILES string of the molecule is CNC(=O)c1cc(NC(=O)c2ccccc2OCc2ccc(Cl)cc2Cl)ccc1Cl. The lowest BCUT2D eigenvalue weighted by Gasteiger charge is -2.13. The van der Waals surface area contributed by atoms with Gasteiger partial charge in [-0.3, -0.25) is 9.59 Å². The van der Waals surface area contributed by atoms with Gasteiger partial charge in [0.15, 0.2) is 0 Å². The Hall–Kier alpha value is -2.73. The predicted octanol–water partition coefficient (Wildman–Crippen LogP) is 5.84. The number of carbonyl (C=O) groups is 2. The van der Waals surface area contributed by atoms with Crippen molar-refractivity contribution in [3.8, 4) is 5.75 Å². The Labute approximate surface area is 188 Å². The van der Waals surface area contributed by atoms with Crippen molar-refractivity contribution in [3.63, 3.8) is 0 Å². The smallest absolute Gasteiger partial charge is 0.259 e. The first-order chi connectivity index (χ1) is 14.4. The number of hydrogen-bond donors (Lipinski definition) is 2. The van der Waals surface area contributed by atoms with Crippen molar-refractivity contribution in [2.45, 2.75) is 6.61 Å². The summed E-state index contributed by atoms with van der Waals surface area (Å²) in [7, 11) is 1.50. The summed E-state index contributed by atoms with van der Waals surface area (Å²) in [5.41, 5.74) is 1.76. The first-order valence-electron chi connectivity index (χ1n) is 8.87. The molecule has 0 aromatic heterocycles. The number of benzene rings is 3. The Morgan fingerprint density at radius 1 is 0.867 bits per heavy atom. The third-order valence-electron chi connectivity index (χ3n) is 4.23. The predicted molar refractivity (Wildman–Crippen MR) is 120 cm³/mol. The van der Waals surface area contributed by atoms with Gasteiger partial charge in [0.05, 0.1) is 16.1 Å². The average Bonchev–Trinajstić information content (AvgIpc) is 2.74. The highest BCUT2D eigenvalue weighted by atomic mass is 35.5. The lowest BCUT2D eigenvalue weighted by atomic mass is 10.1. The normalized spacial score (nSPS) is 10.4. The number of ether oxygens (including phenoxy) is 1. The molecule has 8 heteroatoms. The molecule has 3 aromatic carbocycles. The van der Waals surface area contributed by atoms with Gasteiger partial charge in [-0.25, -0.2) is 0 Å². The summed E-state index contributed by atoms with van der Waals surface area (Å²) < 4.78 is 5.83. The molecule has 0 heterocycles. The summed E-state index contributed by atoms with van der Waals surface area (Å²) in [6, 6.07) is 16.6. The van der Waals surface area contributed by atoms with Crippen LogP contribution in [-0.4, -0.2) is 18.9 Å². The van der Waals surface area contributed by atoms with Crippen molar-refractivity contribution in [3.05, 3.63) is 92.4 Å². The van der Waals surface area contributed by atoms with Crippen LogP contribution < -0.4 is 15.4 Å². The zero-order chi connectivity index (χ0) is 21.7. The molecular weight excluding hydrogens is 447 g/mol. The topological polar surface area (TPSA) is 67.4 Å². The van der Waals surface area contributed by atoms with Crippen LogP contribution >= 0.6 is 34.8 Å². The number of hydrogen-bond acceptors (Lipinski definition) is 3. The van der Waals surface area contributed by atoms with Gasteiger partial charge in [-0.1, -0.05) is 53.0 Å². The summed E-state index contributed by atoms with van der Waals surface area (Å²) in [5, 5.41) is 6.57.